The van der Waals surface area contributed by atoms with Gasteiger partial charge in [-0.3, -0.25) is 9.59 Å². The van der Waals surface area contributed by atoms with E-state index in [1.54, 1.807) is 29.5 Å². The molecule has 0 aliphatic heterocycles. The van der Waals surface area contributed by atoms with Gasteiger partial charge in [-0.2, -0.15) is 0 Å². The van der Waals surface area contributed by atoms with Crippen molar-refractivity contribution in [3.63, 3.8) is 0 Å². The van der Waals surface area contributed by atoms with Gasteiger partial charge in [0.2, 0.25) is 5.91 Å². The van der Waals surface area contributed by atoms with E-state index in [0.29, 0.717) is 27.3 Å². The summed E-state index contributed by atoms with van der Waals surface area (Å²) in [6.45, 7) is 1.27. The fourth-order valence-electron chi connectivity index (χ4n) is 3.42. The first-order valence-electron chi connectivity index (χ1n) is 9.09. The Morgan fingerprint density at radius 3 is 2.93 bits per heavy atom. The van der Waals surface area contributed by atoms with E-state index in [1.165, 1.54) is 17.9 Å². The molecule has 1 aliphatic carbocycles. The molecule has 0 atom stereocenters. The normalized spacial score (nSPS) is 13.2. The zero-order chi connectivity index (χ0) is 19.7. The molecule has 8 heteroatoms. The molecule has 0 spiro atoms. The highest BCUT2D eigenvalue weighted by atomic mass is 32.1. The van der Waals surface area contributed by atoms with Crippen LogP contribution in [0.25, 0.3) is 10.2 Å². The number of fused-ring (bicyclic) bond motifs is 3. The highest BCUT2D eigenvalue weighted by molar-refractivity contribution is 7.18. The Labute approximate surface area is 164 Å². The molecular formula is C20H19N3O4S. The highest BCUT2D eigenvalue weighted by Gasteiger charge is 2.20. The molecule has 2 aromatic heterocycles. The van der Waals surface area contributed by atoms with Crippen LogP contribution in [0.1, 0.15) is 46.4 Å². The summed E-state index contributed by atoms with van der Waals surface area (Å²) in [4.78, 5) is 45.2. The van der Waals surface area contributed by atoms with E-state index in [0.717, 1.165) is 31.2 Å². The van der Waals surface area contributed by atoms with E-state index >= 15 is 0 Å². The maximum atomic E-state index is 12.5. The fourth-order valence-corrected chi connectivity index (χ4v) is 4.70. The number of aromatic amines is 1. The number of hydrogen-bond donors (Lipinski definition) is 2. The number of amides is 1. The maximum Gasteiger partial charge on any atom is 0.338 e. The predicted octanol–water partition coefficient (Wildman–Crippen LogP) is 3.18. The Kier molecular flexibility index (Phi) is 4.95. The minimum Gasteiger partial charge on any atom is -0.454 e. The number of ether oxygens (including phenoxy) is 1. The Bertz CT molecular complexity index is 1130. The van der Waals surface area contributed by atoms with Crippen LogP contribution in [0.3, 0.4) is 0 Å². The summed E-state index contributed by atoms with van der Waals surface area (Å²) in [6.07, 6.45) is 4.14. The van der Waals surface area contributed by atoms with Gasteiger partial charge in [0.05, 0.1) is 10.9 Å². The van der Waals surface area contributed by atoms with Crippen LogP contribution >= 0.6 is 11.3 Å². The molecule has 1 aromatic carbocycles. The molecule has 4 rings (SSSR count). The lowest BCUT2D eigenvalue weighted by Crippen LogP contribution is -2.15. The third-order valence-electron chi connectivity index (χ3n) is 4.63. The van der Waals surface area contributed by atoms with Crippen LogP contribution in [0.2, 0.25) is 0 Å². The summed E-state index contributed by atoms with van der Waals surface area (Å²) in [7, 11) is 0. The number of esters is 1. The van der Waals surface area contributed by atoms with Crippen molar-refractivity contribution < 1.29 is 14.3 Å². The molecule has 0 unspecified atom stereocenters. The van der Waals surface area contributed by atoms with Crippen LogP contribution in [0.15, 0.2) is 29.1 Å². The van der Waals surface area contributed by atoms with Gasteiger partial charge in [-0.25, -0.2) is 9.78 Å². The third kappa shape index (κ3) is 3.68. The highest BCUT2D eigenvalue weighted by Crippen LogP contribution is 2.33. The van der Waals surface area contributed by atoms with Gasteiger partial charge in [-0.1, -0.05) is 6.07 Å². The first-order valence-corrected chi connectivity index (χ1v) is 9.91. The standard InChI is InChI=1S/C20H19N3O4S/c1-11(24)21-13-6-4-5-12(9-13)20(26)27-10-16-22-18(25)17-14-7-2-3-8-15(14)28-19(17)23-16/h4-6,9H,2-3,7-8,10H2,1H3,(H,21,24)(H,22,23,25). The van der Waals surface area contributed by atoms with Crippen LogP contribution in [0, 0.1) is 0 Å². The molecule has 1 aliphatic rings. The zero-order valence-electron chi connectivity index (χ0n) is 15.3. The third-order valence-corrected chi connectivity index (χ3v) is 5.82. The van der Waals surface area contributed by atoms with Crippen molar-refractivity contribution in [1.82, 2.24) is 9.97 Å². The maximum absolute atomic E-state index is 12.5. The molecular weight excluding hydrogens is 378 g/mol. The minimum atomic E-state index is -0.555. The summed E-state index contributed by atoms with van der Waals surface area (Å²) < 4.78 is 5.30. The second kappa shape index (κ2) is 7.55. The zero-order valence-corrected chi connectivity index (χ0v) is 16.1. The van der Waals surface area contributed by atoms with Gasteiger partial charge in [-0.05, 0) is 49.4 Å². The number of anilines is 1. The smallest absolute Gasteiger partial charge is 0.338 e. The van der Waals surface area contributed by atoms with Crippen LogP contribution in [-0.4, -0.2) is 21.8 Å². The number of carbonyl (C=O) groups is 2. The van der Waals surface area contributed by atoms with Crippen molar-refractivity contribution in [1.29, 1.82) is 0 Å². The van der Waals surface area contributed by atoms with Crippen molar-refractivity contribution in [2.24, 2.45) is 0 Å². The molecule has 0 bridgehead atoms. The summed E-state index contributed by atoms with van der Waals surface area (Å²) in [5.74, 6) is -0.456. The molecule has 0 saturated heterocycles. The van der Waals surface area contributed by atoms with Gasteiger partial charge in [0.25, 0.3) is 5.56 Å². The number of thiophene rings is 1. The van der Waals surface area contributed by atoms with Gasteiger partial charge in [0, 0.05) is 17.5 Å². The van der Waals surface area contributed by atoms with Gasteiger partial charge in [-0.15, -0.1) is 11.3 Å². The van der Waals surface area contributed by atoms with Crippen LogP contribution in [0.4, 0.5) is 5.69 Å². The van der Waals surface area contributed by atoms with Crippen molar-refractivity contribution in [3.8, 4) is 0 Å². The largest absolute Gasteiger partial charge is 0.454 e. The van der Waals surface area contributed by atoms with E-state index in [4.69, 9.17) is 4.74 Å². The lowest BCUT2D eigenvalue weighted by molar-refractivity contribution is -0.114. The Morgan fingerprint density at radius 1 is 1.29 bits per heavy atom. The second-order valence-electron chi connectivity index (χ2n) is 6.74. The minimum absolute atomic E-state index is 0.128. The van der Waals surface area contributed by atoms with E-state index in [1.807, 2.05) is 0 Å². The van der Waals surface area contributed by atoms with E-state index in [2.05, 4.69) is 15.3 Å². The first kappa shape index (κ1) is 18.4. The molecule has 3 aromatic rings. The summed E-state index contributed by atoms with van der Waals surface area (Å²) in [6, 6.07) is 6.48. The fraction of sp³-hybridized carbons (Fsp3) is 0.300. The molecule has 0 radical (unpaired) electrons. The number of aromatic nitrogens is 2. The monoisotopic (exact) mass is 397 g/mol. The SMILES string of the molecule is CC(=O)Nc1cccc(C(=O)OCc2nc3sc4c(c3c(=O)[nH]2)CCCC4)c1. The molecule has 2 heterocycles. The van der Waals surface area contributed by atoms with Crippen molar-refractivity contribution in [2.45, 2.75) is 39.2 Å². The Hall–Kier alpha value is -3.00. The van der Waals surface area contributed by atoms with Crippen LogP contribution < -0.4 is 10.9 Å². The quantitative estimate of drug-likeness (QED) is 0.659. The van der Waals surface area contributed by atoms with E-state index in [9.17, 15) is 14.4 Å². The van der Waals surface area contributed by atoms with E-state index < -0.39 is 5.97 Å². The van der Waals surface area contributed by atoms with Gasteiger partial charge in [0.15, 0.2) is 0 Å². The molecule has 2 N–H and O–H groups in total. The second-order valence-corrected chi connectivity index (χ2v) is 7.83. The number of carbonyl (C=O) groups excluding carboxylic acids is 2. The van der Waals surface area contributed by atoms with Gasteiger partial charge < -0.3 is 15.0 Å². The summed E-state index contributed by atoms with van der Waals surface area (Å²) in [5.41, 5.74) is 1.77. The molecule has 144 valence electrons. The Morgan fingerprint density at radius 2 is 2.11 bits per heavy atom. The number of H-pyrrole nitrogens is 1. The number of aryl methyl sites for hydroxylation is 2. The Balaban J connectivity index is 1.52. The first-order chi connectivity index (χ1) is 13.5. The predicted molar refractivity (Wildman–Crippen MR) is 107 cm³/mol. The van der Waals surface area contributed by atoms with Crippen LogP contribution in [-0.2, 0) is 29.0 Å². The van der Waals surface area contributed by atoms with Crippen molar-refractivity contribution in [2.75, 3.05) is 5.32 Å². The van der Waals surface area contributed by atoms with Crippen molar-refractivity contribution in [3.05, 3.63) is 56.4 Å². The van der Waals surface area contributed by atoms with Gasteiger partial charge in [0.1, 0.15) is 17.3 Å². The van der Waals surface area contributed by atoms with Crippen LogP contribution in [0.5, 0.6) is 0 Å². The molecule has 0 fully saturated rings. The summed E-state index contributed by atoms with van der Waals surface area (Å²) >= 11 is 1.55. The number of nitrogens with one attached hydrogen (secondary N) is 2. The number of rotatable bonds is 4. The molecule has 28 heavy (non-hydrogen) atoms. The van der Waals surface area contributed by atoms with Crippen molar-refractivity contribution >= 4 is 39.1 Å². The lowest BCUT2D eigenvalue weighted by atomic mass is 9.97. The average Bonchev–Trinajstić information content (AvgIpc) is 3.04. The molecule has 0 saturated carbocycles. The molecule has 1 amide bonds. The lowest BCUT2D eigenvalue weighted by Gasteiger charge is -2.09. The topological polar surface area (TPSA) is 101 Å². The summed E-state index contributed by atoms with van der Waals surface area (Å²) in [5, 5.41) is 3.30. The average molecular weight is 397 g/mol. The number of benzene rings is 1. The number of nitrogens with zero attached hydrogens (tertiary/aromatic N) is 1. The van der Waals surface area contributed by atoms with Gasteiger partial charge >= 0.3 is 5.97 Å². The molecule has 7 nitrogen and oxygen atoms in total. The number of hydrogen-bond acceptors (Lipinski definition) is 6. The van der Waals surface area contributed by atoms with E-state index in [-0.39, 0.29) is 18.1 Å².